The number of hydrogen-bond donors (Lipinski definition) is 0. The van der Waals surface area contributed by atoms with Gasteiger partial charge in [-0.2, -0.15) is 9.97 Å². The monoisotopic (exact) mass is 686 g/mol. The fourth-order valence-corrected chi connectivity index (χ4v) is 9.63. The first-order valence-electron chi connectivity index (χ1n) is 18.5. The summed E-state index contributed by atoms with van der Waals surface area (Å²) in [5.74, 6) is 1.87. The van der Waals surface area contributed by atoms with Crippen molar-refractivity contribution in [3.8, 4) is 51.0 Å². The Kier molecular flexibility index (Phi) is 5.95. The van der Waals surface area contributed by atoms with Gasteiger partial charge in [-0.05, 0) is 55.8 Å². The second-order valence-corrected chi connectivity index (χ2v) is 14.3. The number of benzene rings is 8. The molecule has 2 heterocycles. The summed E-state index contributed by atoms with van der Waals surface area (Å²) in [6.45, 7) is 0. The molecule has 0 fully saturated rings. The van der Waals surface area contributed by atoms with Gasteiger partial charge < -0.3 is 0 Å². The second-order valence-electron chi connectivity index (χ2n) is 14.3. The lowest BCUT2D eigenvalue weighted by atomic mass is 9.70. The number of para-hydroxylation sites is 1. The minimum absolute atomic E-state index is 0.578. The first-order chi connectivity index (χ1) is 26.8. The van der Waals surface area contributed by atoms with Gasteiger partial charge in [0.05, 0.1) is 16.4 Å². The molecule has 4 heteroatoms. The van der Waals surface area contributed by atoms with E-state index in [1.54, 1.807) is 0 Å². The van der Waals surface area contributed by atoms with Gasteiger partial charge in [-0.1, -0.05) is 176 Å². The van der Waals surface area contributed by atoms with Crippen molar-refractivity contribution in [2.45, 2.75) is 5.41 Å². The van der Waals surface area contributed by atoms with Gasteiger partial charge >= 0.3 is 0 Å². The highest BCUT2D eigenvalue weighted by molar-refractivity contribution is 6.27. The zero-order chi connectivity index (χ0) is 35.4. The Labute approximate surface area is 311 Å². The fraction of sp³-hybridized carbons (Fsp3) is 0.0200. The molecule has 0 bridgehead atoms. The first kappa shape index (κ1) is 29.4. The molecule has 1 spiro atoms. The topological polar surface area (TPSA) is 43.6 Å². The van der Waals surface area contributed by atoms with Crippen molar-refractivity contribution in [1.82, 2.24) is 19.5 Å². The summed E-state index contributed by atoms with van der Waals surface area (Å²) in [5.41, 5.74) is 13.7. The molecule has 2 aliphatic carbocycles. The van der Waals surface area contributed by atoms with E-state index in [9.17, 15) is 0 Å². The molecule has 0 aliphatic heterocycles. The van der Waals surface area contributed by atoms with Crippen LogP contribution >= 0.6 is 0 Å². The van der Waals surface area contributed by atoms with E-state index in [1.807, 2.05) is 36.4 Å². The molecule has 10 aromatic rings. The second kappa shape index (κ2) is 10.9. The maximum Gasteiger partial charge on any atom is 0.238 e. The molecule has 0 saturated carbocycles. The number of hydrogen-bond acceptors (Lipinski definition) is 3. The van der Waals surface area contributed by atoms with Crippen molar-refractivity contribution in [3.63, 3.8) is 0 Å². The van der Waals surface area contributed by atoms with Crippen LogP contribution in [0.5, 0.6) is 0 Å². The molecule has 12 rings (SSSR count). The predicted octanol–water partition coefficient (Wildman–Crippen LogP) is 11.8. The van der Waals surface area contributed by atoms with Gasteiger partial charge in [-0.25, -0.2) is 4.98 Å². The largest absolute Gasteiger partial charge is 0.277 e. The van der Waals surface area contributed by atoms with Gasteiger partial charge in [0.1, 0.15) is 0 Å². The number of nitrogens with zero attached hydrogens (tertiary/aromatic N) is 4. The SMILES string of the molecule is c1ccc(-c2nc(-c3ccccc3)nc(-n3c4ccccc4c4c5ccccc5c5c(c43)C3(c4ccccc4-c4ccccc43)c3ccccc3-5)n2)cc1. The Balaban J connectivity index is 1.34. The zero-order valence-corrected chi connectivity index (χ0v) is 29.1. The van der Waals surface area contributed by atoms with Crippen LogP contribution in [0, 0.1) is 0 Å². The molecule has 0 saturated heterocycles. The lowest BCUT2D eigenvalue weighted by molar-refractivity contribution is 0.795. The molecule has 2 aromatic heterocycles. The van der Waals surface area contributed by atoms with Crippen molar-refractivity contribution in [1.29, 1.82) is 0 Å². The molecule has 0 amide bonds. The molecular weight excluding hydrogens is 657 g/mol. The van der Waals surface area contributed by atoms with Crippen LogP contribution in [0.2, 0.25) is 0 Å². The number of aromatic nitrogens is 4. The van der Waals surface area contributed by atoms with Crippen LogP contribution < -0.4 is 0 Å². The van der Waals surface area contributed by atoms with Crippen LogP contribution in [0.15, 0.2) is 182 Å². The maximum absolute atomic E-state index is 5.37. The Morgan fingerprint density at radius 3 is 1.46 bits per heavy atom. The number of rotatable bonds is 3. The summed E-state index contributed by atoms with van der Waals surface area (Å²) in [6, 6.07) is 65.3. The van der Waals surface area contributed by atoms with E-state index in [4.69, 9.17) is 15.0 Å². The third-order valence-corrected chi connectivity index (χ3v) is 11.6. The highest BCUT2D eigenvalue weighted by Gasteiger charge is 2.53. The minimum Gasteiger partial charge on any atom is -0.277 e. The standard InChI is InChI=1S/C50H30N4/c1-3-17-31(18-4-1)47-51-48(32-19-5-2-6-20-32)53-49(52-47)54-42-30-16-12-26-38(42)44-36-24-8-7-23-35(36)43-37-25-11-15-29-41(37)50(45(43)46(44)54)39-27-13-9-21-33(39)34-22-10-14-28-40(34)50/h1-30H. The fourth-order valence-electron chi connectivity index (χ4n) is 9.63. The van der Waals surface area contributed by atoms with Crippen molar-refractivity contribution in [3.05, 3.63) is 204 Å². The van der Waals surface area contributed by atoms with E-state index in [0.717, 1.165) is 22.2 Å². The molecule has 0 N–H and O–H groups in total. The molecule has 54 heavy (non-hydrogen) atoms. The van der Waals surface area contributed by atoms with E-state index in [-0.39, 0.29) is 0 Å². The molecule has 0 radical (unpaired) electrons. The normalized spacial score (nSPS) is 13.3. The average Bonchev–Trinajstić information content (AvgIpc) is 3.87. The molecule has 2 aliphatic rings. The lowest BCUT2D eigenvalue weighted by Gasteiger charge is -2.31. The maximum atomic E-state index is 5.37. The van der Waals surface area contributed by atoms with Crippen LogP contribution in [-0.4, -0.2) is 19.5 Å². The van der Waals surface area contributed by atoms with Crippen molar-refractivity contribution in [2.75, 3.05) is 0 Å². The Morgan fingerprint density at radius 1 is 0.389 bits per heavy atom. The Hall–Kier alpha value is -7.17. The third kappa shape index (κ3) is 3.74. The predicted molar refractivity (Wildman–Crippen MR) is 219 cm³/mol. The first-order valence-corrected chi connectivity index (χ1v) is 18.5. The molecule has 4 nitrogen and oxygen atoms in total. The lowest BCUT2D eigenvalue weighted by Crippen LogP contribution is -2.26. The molecular formula is C50H30N4. The van der Waals surface area contributed by atoms with Gasteiger partial charge in [-0.3, -0.25) is 4.57 Å². The third-order valence-electron chi connectivity index (χ3n) is 11.6. The summed E-state index contributed by atoms with van der Waals surface area (Å²) < 4.78 is 2.34. The van der Waals surface area contributed by atoms with Gasteiger partial charge in [0, 0.05) is 27.5 Å². The smallest absolute Gasteiger partial charge is 0.238 e. The van der Waals surface area contributed by atoms with E-state index in [1.165, 1.54) is 66.1 Å². The van der Waals surface area contributed by atoms with E-state index in [0.29, 0.717) is 17.6 Å². The summed E-state index contributed by atoms with van der Waals surface area (Å²) >= 11 is 0. The summed E-state index contributed by atoms with van der Waals surface area (Å²) in [4.78, 5) is 15.8. The van der Waals surface area contributed by atoms with Gasteiger partial charge in [0.15, 0.2) is 11.6 Å². The van der Waals surface area contributed by atoms with Crippen molar-refractivity contribution < 1.29 is 0 Å². The van der Waals surface area contributed by atoms with Crippen LogP contribution in [0.1, 0.15) is 22.3 Å². The highest BCUT2D eigenvalue weighted by Crippen LogP contribution is 2.66. The average molecular weight is 687 g/mol. The summed E-state index contributed by atoms with van der Waals surface area (Å²) in [7, 11) is 0. The van der Waals surface area contributed by atoms with E-state index < -0.39 is 5.41 Å². The van der Waals surface area contributed by atoms with Crippen molar-refractivity contribution in [2.24, 2.45) is 0 Å². The van der Waals surface area contributed by atoms with Gasteiger partial charge in [-0.15, -0.1) is 0 Å². The minimum atomic E-state index is -0.578. The quantitative estimate of drug-likeness (QED) is 0.186. The molecule has 8 aromatic carbocycles. The molecule has 0 atom stereocenters. The highest BCUT2D eigenvalue weighted by atomic mass is 15.2. The van der Waals surface area contributed by atoms with E-state index >= 15 is 0 Å². The van der Waals surface area contributed by atoms with Crippen molar-refractivity contribution >= 4 is 32.6 Å². The summed E-state index contributed by atoms with van der Waals surface area (Å²) in [6.07, 6.45) is 0. The molecule has 0 unspecified atom stereocenters. The summed E-state index contributed by atoms with van der Waals surface area (Å²) in [5, 5.41) is 4.84. The van der Waals surface area contributed by atoms with Crippen LogP contribution in [0.4, 0.5) is 0 Å². The van der Waals surface area contributed by atoms with Crippen LogP contribution in [0.25, 0.3) is 83.6 Å². The van der Waals surface area contributed by atoms with E-state index in [2.05, 4.69) is 150 Å². The van der Waals surface area contributed by atoms with Gasteiger partial charge in [0.2, 0.25) is 5.95 Å². The molecule has 250 valence electrons. The Bertz CT molecular complexity index is 3060. The Morgan fingerprint density at radius 2 is 0.852 bits per heavy atom. The zero-order valence-electron chi connectivity index (χ0n) is 29.1. The van der Waals surface area contributed by atoms with Crippen LogP contribution in [0.3, 0.4) is 0 Å². The van der Waals surface area contributed by atoms with Crippen LogP contribution in [-0.2, 0) is 5.41 Å². The number of fused-ring (bicyclic) bond motifs is 17. The van der Waals surface area contributed by atoms with Gasteiger partial charge in [0.25, 0.3) is 0 Å².